The summed E-state index contributed by atoms with van der Waals surface area (Å²) in [7, 11) is -3.79. The normalized spacial score (nSPS) is 17.4. The molecule has 1 aliphatic heterocycles. The summed E-state index contributed by atoms with van der Waals surface area (Å²) in [5.74, 6) is -1.08. The van der Waals surface area contributed by atoms with E-state index in [1.165, 1.54) is 16.4 Å². The average molecular weight is 414 g/mol. The van der Waals surface area contributed by atoms with Gasteiger partial charge >= 0.3 is 5.97 Å². The predicted molar refractivity (Wildman–Crippen MR) is 102 cm³/mol. The van der Waals surface area contributed by atoms with Gasteiger partial charge in [0.1, 0.15) is 6.04 Å². The minimum Gasteiger partial charge on any atom is -0.478 e. The fraction of sp³-hybridized carbons (Fsp3) is 0.263. The van der Waals surface area contributed by atoms with Crippen LogP contribution in [0, 0.1) is 0 Å². The Hall–Kier alpha value is -3.11. The van der Waals surface area contributed by atoms with E-state index in [-0.39, 0.29) is 22.9 Å². The second-order valence-corrected chi connectivity index (χ2v) is 8.60. The van der Waals surface area contributed by atoms with Crippen molar-refractivity contribution in [3.63, 3.8) is 0 Å². The highest BCUT2D eigenvalue weighted by Gasteiger charge is 2.38. The number of rotatable bonds is 6. The Morgan fingerprint density at radius 1 is 1.21 bits per heavy atom. The molecule has 0 amide bonds. The molecule has 150 valence electrons. The Morgan fingerprint density at radius 2 is 2.03 bits per heavy atom. The SMILES string of the molecule is O=C(O)c1ccccc1CS(=O)(=O)N1CCCC1c1nnc(-c2cccnc2)o1. The third-order valence-corrected chi connectivity index (χ3v) is 6.61. The number of carboxylic acid groups (broad SMARTS) is 1. The van der Waals surface area contributed by atoms with E-state index < -0.39 is 27.8 Å². The van der Waals surface area contributed by atoms with Gasteiger partial charge in [0, 0.05) is 18.9 Å². The van der Waals surface area contributed by atoms with Gasteiger partial charge in [-0.2, -0.15) is 4.31 Å². The van der Waals surface area contributed by atoms with Crippen LogP contribution in [0.5, 0.6) is 0 Å². The first kappa shape index (κ1) is 19.2. The third-order valence-electron chi connectivity index (χ3n) is 4.78. The molecular formula is C19H18N4O5S. The number of carbonyl (C=O) groups is 1. The number of hydrogen-bond acceptors (Lipinski definition) is 7. The van der Waals surface area contributed by atoms with E-state index in [1.807, 2.05) is 0 Å². The molecule has 9 nitrogen and oxygen atoms in total. The highest BCUT2D eigenvalue weighted by molar-refractivity contribution is 7.88. The molecule has 0 aliphatic carbocycles. The molecule has 3 heterocycles. The molecule has 1 unspecified atom stereocenters. The summed E-state index contributed by atoms with van der Waals surface area (Å²) in [5.41, 5.74) is 0.866. The molecule has 1 N–H and O–H groups in total. The van der Waals surface area contributed by atoms with Gasteiger partial charge in [-0.25, -0.2) is 13.2 Å². The van der Waals surface area contributed by atoms with E-state index in [2.05, 4.69) is 15.2 Å². The molecule has 1 aromatic carbocycles. The van der Waals surface area contributed by atoms with E-state index in [1.54, 1.807) is 36.7 Å². The Bertz CT molecular complexity index is 1130. The number of aromatic carboxylic acids is 1. The van der Waals surface area contributed by atoms with Crippen molar-refractivity contribution in [3.8, 4) is 11.5 Å². The summed E-state index contributed by atoms with van der Waals surface area (Å²) in [6, 6.07) is 9.04. The molecule has 0 bridgehead atoms. The van der Waals surface area contributed by atoms with Gasteiger partial charge in [-0.1, -0.05) is 18.2 Å². The molecular weight excluding hydrogens is 396 g/mol. The highest BCUT2D eigenvalue weighted by atomic mass is 32.2. The first-order chi connectivity index (χ1) is 14.0. The third kappa shape index (κ3) is 3.89. The van der Waals surface area contributed by atoms with Crippen LogP contribution < -0.4 is 0 Å². The van der Waals surface area contributed by atoms with Crippen LogP contribution in [0.1, 0.15) is 40.7 Å². The zero-order chi connectivity index (χ0) is 20.4. The number of benzene rings is 1. The van der Waals surface area contributed by atoms with Gasteiger partial charge in [0.2, 0.25) is 21.8 Å². The van der Waals surface area contributed by atoms with Crippen molar-refractivity contribution in [2.24, 2.45) is 0 Å². The van der Waals surface area contributed by atoms with Crippen molar-refractivity contribution in [2.45, 2.75) is 24.6 Å². The molecule has 0 radical (unpaired) electrons. The van der Waals surface area contributed by atoms with Gasteiger partial charge in [-0.05, 0) is 36.6 Å². The van der Waals surface area contributed by atoms with Crippen LogP contribution >= 0.6 is 0 Å². The Balaban J connectivity index is 1.60. The Kier molecular flexibility index (Phi) is 5.12. The largest absolute Gasteiger partial charge is 0.478 e. The van der Waals surface area contributed by atoms with E-state index in [9.17, 15) is 18.3 Å². The quantitative estimate of drug-likeness (QED) is 0.652. The Morgan fingerprint density at radius 3 is 2.79 bits per heavy atom. The summed E-state index contributed by atoms with van der Waals surface area (Å²) in [5, 5.41) is 17.4. The average Bonchev–Trinajstić information content (AvgIpc) is 3.38. The molecule has 0 spiro atoms. The number of aromatic nitrogens is 3. The monoisotopic (exact) mass is 414 g/mol. The van der Waals surface area contributed by atoms with Gasteiger partial charge in [0.25, 0.3) is 0 Å². The number of carboxylic acids is 1. The van der Waals surface area contributed by atoms with Gasteiger partial charge in [-0.15, -0.1) is 10.2 Å². The zero-order valence-electron chi connectivity index (χ0n) is 15.3. The van der Waals surface area contributed by atoms with Crippen LogP contribution in [0.3, 0.4) is 0 Å². The summed E-state index contributed by atoms with van der Waals surface area (Å²) in [6.45, 7) is 0.312. The van der Waals surface area contributed by atoms with Crippen molar-refractivity contribution in [3.05, 3.63) is 65.8 Å². The maximum atomic E-state index is 13.1. The first-order valence-corrected chi connectivity index (χ1v) is 10.6. The van der Waals surface area contributed by atoms with Gasteiger partial charge in [-0.3, -0.25) is 4.98 Å². The van der Waals surface area contributed by atoms with Crippen LogP contribution in [0.4, 0.5) is 0 Å². The minimum atomic E-state index is -3.79. The van der Waals surface area contributed by atoms with E-state index in [0.29, 0.717) is 24.9 Å². The summed E-state index contributed by atoms with van der Waals surface area (Å²) in [6.07, 6.45) is 4.41. The highest BCUT2D eigenvalue weighted by Crippen LogP contribution is 2.35. The van der Waals surface area contributed by atoms with Crippen LogP contribution in [-0.4, -0.2) is 45.5 Å². The maximum Gasteiger partial charge on any atom is 0.335 e. The molecule has 1 saturated heterocycles. The van der Waals surface area contributed by atoms with Crippen molar-refractivity contribution in [2.75, 3.05) is 6.54 Å². The fourth-order valence-electron chi connectivity index (χ4n) is 3.43. The number of pyridine rings is 1. The lowest BCUT2D eigenvalue weighted by molar-refractivity contribution is 0.0696. The number of nitrogens with zero attached hydrogens (tertiary/aromatic N) is 4. The summed E-state index contributed by atoms with van der Waals surface area (Å²) >= 11 is 0. The van der Waals surface area contributed by atoms with E-state index >= 15 is 0 Å². The number of hydrogen-bond donors (Lipinski definition) is 1. The van der Waals surface area contributed by atoms with Crippen molar-refractivity contribution < 1.29 is 22.7 Å². The molecule has 1 aliphatic rings. The van der Waals surface area contributed by atoms with Gasteiger partial charge in [0.15, 0.2) is 0 Å². The van der Waals surface area contributed by atoms with Crippen LogP contribution in [-0.2, 0) is 15.8 Å². The summed E-state index contributed by atoms with van der Waals surface area (Å²) < 4.78 is 33.2. The zero-order valence-corrected chi connectivity index (χ0v) is 16.1. The lowest BCUT2D eigenvalue weighted by atomic mass is 10.1. The van der Waals surface area contributed by atoms with Gasteiger partial charge in [0.05, 0.1) is 16.9 Å². The first-order valence-electron chi connectivity index (χ1n) is 9.00. The maximum absolute atomic E-state index is 13.1. The van der Waals surface area contributed by atoms with Gasteiger partial charge < -0.3 is 9.52 Å². The summed E-state index contributed by atoms with van der Waals surface area (Å²) in [4.78, 5) is 15.4. The molecule has 1 atom stereocenters. The van der Waals surface area contributed by atoms with Crippen LogP contribution in [0.2, 0.25) is 0 Å². The molecule has 4 rings (SSSR count). The van der Waals surface area contributed by atoms with E-state index in [0.717, 1.165) is 0 Å². The van der Waals surface area contributed by atoms with Crippen molar-refractivity contribution >= 4 is 16.0 Å². The van der Waals surface area contributed by atoms with Crippen molar-refractivity contribution in [1.82, 2.24) is 19.5 Å². The predicted octanol–water partition coefficient (Wildman–Crippen LogP) is 2.50. The standard InChI is InChI=1S/C19H18N4O5S/c24-19(25)15-7-2-1-5-14(15)12-29(26,27)23-10-4-8-16(23)18-22-21-17(28-18)13-6-3-9-20-11-13/h1-3,5-7,9,11,16H,4,8,10,12H2,(H,24,25). The van der Waals surface area contributed by atoms with Crippen LogP contribution in [0.25, 0.3) is 11.5 Å². The second-order valence-electron chi connectivity index (χ2n) is 6.67. The van der Waals surface area contributed by atoms with E-state index in [4.69, 9.17) is 4.42 Å². The topological polar surface area (TPSA) is 126 Å². The number of sulfonamides is 1. The molecule has 10 heteroatoms. The smallest absolute Gasteiger partial charge is 0.335 e. The molecule has 3 aromatic rings. The molecule has 29 heavy (non-hydrogen) atoms. The fourth-order valence-corrected chi connectivity index (χ4v) is 5.23. The Labute approximate surface area is 167 Å². The lowest BCUT2D eigenvalue weighted by Gasteiger charge is -2.22. The molecule has 1 fully saturated rings. The molecule has 0 saturated carbocycles. The minimum absolute atomic E-state index is 0.0246. The second kappa shape index (κ2) is 7.72. The van der Waals surface area contributed by atoms with Crippen LogP contribution in [0.15, 0.2) is 53.2 Å². The molecule has 2 aromatic heterocycles. The lowest BCUT2D eigenvalue weighted by Crippen LogP contribution is -2.32. The van der Waals surface area contributed by atoms with Crippen molar-refractivity contribution in [1.29, 1.82) is 0 Å².